The number of phenolic OH excluding ortho intramolecular Hbond substituents is 1. The molecule has 0 bridgehead atoms. The van der Waals surface area contributed by atoms with E-state index >= 15 is 0 Å². The third-order valence-corrected chi connectivity index (χ3v) is 3.42. The minimum absolute atomic E-state index is 0.0434. The number of benzene rings is 1. The molecule has 0 saturated heterocycles. The van der Waals surface area contributed by atoms with Crippen LogP contribution in [-0.2, 0) is 0 Å². The highest BCUT2D eigenvalue weighted by atomic mass is 79.9. The van der Waals surface area contributed by atoms with E-state index in [1.165, 1.54) is 7.11 Å². The molecule has 4 heteroatoms. The van der Waals surface area contributed by atoms with Gasteiger partial charge in [0.15, 0.2) is 11.5 Å². The molecule has 0 heterocycles. The second-order valence-electron chi connectivity index (χ2n) is 3.30. The Bertz CT molecular complexity index is 350. The molecule has 0 aliphatic rings. The number of ether oxygens (including phenoxy) is 1. The molecule has 14 heavy (non-hydrogen) atoms. The number of halogens is 2. The molecule has 0 atom stereocenters. The first kappa shape index (κ1) is 11.7. The van der Waals surface area contributed by atoms with Crippen LogP contribution >= 0.6 is 27.5 Å². The Hall–Kier alpha value is -0.410. The highest BCUT2D eigenvalue weighted by molar-refractivity contribution is 9.10. The van der Waals surface area contributed by atoms with E-state index in [0.29, 0.717) is 15.2 Å². The molecule has 78 valence electrons. The van der Waals surface area contributed by atoms with Crippen molar-refractivity contribution in [2.75, 3.05) is 7.11 Å². The third kappa shape index (κ3) is 1.98. The number of hydrogen-bond acceptors (Lipinski definition) is 2. The molecule has 0 radical (unpaired) electrons. The predicted molar refractivity (Wildman–Crippen MR) is 61.5 cm³/mol. The largest absolute Gasteiger partial charge is 0.503 e. The van der Waals surface area contributed by atoms with Crippen LogP contribution in [0.1, 0.15) is 25.3 Å². The lowest BCUT2D eigenvalue weighted by molar-refractivity contribution is 0.371. The molecule has 0 fully saturated rings. The van der Waals surface area contributed by atoms with Crippen LogP contribution in [0, 0.1) is 0 Å². The van der Waals surface area contributed by atoms with E-state index in [1.807, 2.05) is 13.8 Å². The molecular weight excluding hydrogens is 267 g/mol. The van der Waals surface area contributed by atoms with Crippen molar-refractivity contribution in [3.8, 4) is 11.5 Å². The lowest BCUT2D eigenvalue weighted by atomic mass is 10.0. The number of hydrogen-bond donors (Lipinski definition) is 1. The van der Waals surface area contributed by atoms with Crippen molar-refractivity contribution in [3.63, 3.8) is 0 Å². The van der Waals surface area contributed by atoms with Crippen molar-refractivity contribution in [2.24, 2.45) is 0 Å². The number of methoxy groups -OCH3 is 1. The average Bonchev–Trinajstić information content (AvgIpc) is 2.14. The average molecular weight is 280 g/mol. The SMILES string of the molecule is COc1cc(C(C)C)c(Cl)c(Br)c1O. The summed E-state index contributed by atoms with van der Waals surface area (Å²) >= 11 is 9.29. The first-order valence-corrected chi connectivity index (χ1v) is 5.41. The first-order valence-electron chi connectivity index (χ1n) is 4.23. The third-order valence-electron chi connectivity index (χ3n) is 2.02. The van der Waals surface area contributed by atoms with Gasteiger partial charge in [-0.25, -0.2) is 0 Å². The van der Waals surface area contributed by atoms with Gasteiger partial charge in [0, 0.05) is 0 Å². The molecule has 0 spiro atoms. The summed E-state index contributed by atoms with van der Waals surface area (Å²) in [4.78, 5) is 0. The highest BCUT2D eigenvalue weighted by Crippen LogP contribution is 2.43. The van der Waals surface area contributed by atoms with Crippen LogP contribution in [0.25, 0.3) is 0 Å². The lowest BCUT2D eigenvalue weighted by Gasteiger charge is -2.13. The summed E-state index contributed by atoms with van der Waals surface area (Å²) in [6.45, 7) is 4.06. The monoisotopic (exact) mass is 278 g/mol. The maximum absolute atomic E-state index is 9.63. The van der Waals surface area contributed by atoms with Gasteiger partial charge in [-0.1, -0.05) is 25.4 Å². The molecule has 1 N–H and O–H groups in total. The van der Waals surface area contributed by atoms with Gasteiger partial charge in [-0.3, -0.25) is 0 Å². The van der Waals surface area contributed by atoms with Crippen molar-refractivity contribution in [2.45, 2.75) is 19.8 Å². The summed E-state index contributed by atoms with van der Waals surface area (Å²) in [6.07, 6.45) is 0. The fourth-order valence-corrected chi connectivity index (χ4v) is 1.97. The van der Waals surface area contributed by atoms with Crippen LogP contribution < -0.4 is 4.74 Å². The van der Waals surface area contributed by atoms with E-state index in [0.717, 1.165) is 5.56 Å². The Labute approximate surface area is 97.0 Å². The van der Waals surface area contributed by atoms with Gasteiger partial charge >= 0.3 is 0 Å². The molecule has 0 aliphatic heterocycles. The van der Waals surface area contributed by atoms with Crippen molar-refractivity contribution in [1.29, 1.82) is 0 Å². The Morgan fingerprint density at radius 1 is 1.50 bits per heavy atom. The van der Waals surface area contributed by atoms with Crippen molar-refractivity contribution < 1.29 is 9.84 Å². The Kier molecular flexibility index (Phi) is 3.67. The highest BCUT2D eigenvalue weighted by Gasteiger charge is 2.16. The molecule has 0 unspecified atom stereocenters. The zero-order valence-electron chi connectivity index (χ0n) is 8.27. The van der Waals surface area contributed by atoms with Crippen LogP contribution in [0.4, 0.5) is 0 Å². The van der Waals surface area contributed by atoms with E-state index in [2.05, 4.69) is 15.9 Å². The van der Waals surface area contributed by atoms with Crippen molar-refractivity contribution >= 4 is 27.5 Å². The maximum atomic E-state index is 9.63. The Morgan fingerprint density at radius 2 is 2.07 bits per heavy atom. The van der Waals surface area contributed by atoms with Crippen molar-refractivity contribution in [3.05, 3.63) is 21.1 Å². The minimum atomic E-state index is 0.0434. The summed E-state index contributed by atoms with van der Waals surface area (Å²) in [7, 11) is 1.51. The first-order chi connectivity index (χ1) is 6.49. The van der Waals surface area contributed by atoms with Gasteiger partial charge < -0.3 is 9.84 Å². The summed E-state index contributed by atoms with van der Waals surface area (Å²) in [5.41, 5.74) is 0.952. The topological polar surface area (TPSA) is 29.5 Å². The molecule has 1 rings (SSSR count). The van der Waals surface area contributed by atoms with Crippen LogP contribution in [0.5, 0.6) is 11.5 Å². The second kappa shape index (κ2) is 4.41. The van der Waals surface area contributed by atoms with E-state index in [-0.39, 0.29) is 11.7 Å². The van der Waals surface area contributed by atoms with Crippen LogP contribution in [0.3, 0.4) is 0 Å². The molecule has 2 nitrogen and oxygen atoms in total. The Morgan fingerprint density at radius 3 is 2.50 bits per heavy atom. The van der Waals surface area contributed by atoms with E-state index in [1.54, 1.807) is 6.07 Å². The maximum Gasteiger partial charge on any atom is 0.173 e. The van der Waals surface area contributed by atoms with E-state index in [4.69, 9.17) is 16.3 Å². The van der Waals surface area contributed by atoms with Gasteiger partial charge in [0.25, 0.3) is 0 Å². The molecule has 0 aromatic heterocycles. The summed E-state index contributed by atoms with van der Waals surface area (Å²) in [5.74, 6) is 0.764. The molecule has 0 saturated carbocycles. The van der Waals surface area contributed by atoms with E-state index < -0.39 is 0 Å². The minimum Gasteiger partial charge on any atom is -0.503 e. The quantitative estimate of drug-likeness (QED) is 0.888. The molecular formula is C10H12BrClO2. The van der Waals surface area contributed by atoms with Crippen LogP contribution in [-0.4, -0.2) is 12.2 Å². The zero-order chi connectivity index (χ0) is 10.9. The molecule has 1 aromatic rings. The van der Waals surface area contributed by atoms with Gasteiger partial charge in [0.05, 0.1) is 16.6 Å². The summed E-state index contributed by atoms with van der Waals surface area (Å²) in [6, 6.07) is 1.76. The van der Waals surface area contributed by atoms with Crippen LogP contribution in [0.15, 0.2) is 10.5 Å². The molecule has 0 aliphatic carbocycles. The van der Waals surface area contributed by atoms with Gasteiger partial charge in [-0.2, -0.15) is 0 Å². The second-order valence-corrected chi connectivity index (χ2v) is 4.47. The Balaban J connectivity index is 3.40. The lowest BCUT2D eigenvalue weighted by Crippen LogP contribution is -1.93. The van der Waals surface area contributed by atoms with Gasteiger partial charge in [0.1, 0.15) is 0 Å². The van der Waals surface area contributed by atoms with E-state index in [9.17, 15) is 5.11 Å². The molecule has 0 amide bonds. The van der Waals surface area contributed by atoms with Gasteiger partial charge in [-0.05, 0) is 33.5 Å². The number of aromatic hydroxyl groups is 1. The van der Waals surface area contributed by atoms with Crippen LogP contribution in [0.2, 0.25) is 5.02 Å². The fraction of sp³-hybridized carbons (Fsp3) is 0.400. The summed E-state index contributed by atoms with van der Waals surface area (Å²) in [5, 5.41) is 10.2. The zero-order valence-corrected chi connectivity index (χ0v) is 10.6. The normalized spacial score (nSPS) is 10.7. The number of phenols is 1. The number of rotatable bonds is 2. The standard InChI is InChI=1S/C10H12BrClO2/c1-5(2)6-4-7(14-3)10(13)8(11)9(6)12/h4-5,13H,1-3H3. The van der Waals surface area contributed by atoms with Crippen molar-refractivity contribution in [1.82, 2.24) is 0 Å². The van der Waals surface area contributed by atoms with Gasteiger partial charge in [-0.15, -0.1) is 0 Å². The molecule has 1 aromatic carbocycles. The van der Waals surface area contributed by atoms with Gasteiger partial charge in [0.2, 0.25) is 0 Å². The smallest absolute Gasteiger partial charge is 0.173 e. The fourth-order valence-electron chi connectivity index (χ4n) is 1.19. The predicted octanol–water partition coefficient (Wildman–Crippen LogP) is 3.94. The summed E-state index contributed by atoms with van der Waals surface area (Å²) < 4.78 is 5.52.